The summed E-state index contributed by atoms with van der Waals surface area (Å²) >= 11 is 0. The number of esters is 1. The van der Waals surface area contributed by atoms with Gasteiger partial charge in [-0.25, -0.2) is 0 Å². The number of carbonyl (C=O) groups excluding carboxylic acids is 3. The maximum absolute atomic E-state index is 13.6. The zero-order valence-corrected chi connectivity index (χ0v) is 36.5. The SMILES string of the molecule is COc1ccc(C(OC[C@@H]2C[C@@H](O)CN2C(=O)CCCCCCC(=O)CCCCOC2OC(COC(C)=O)C(C)C(C)C2C)(c2ccccc2)c2ccc(OC)cc2)cc1. The van der Waals surface area contributed by atoms with E-state index in [0.717, 1.165) is 66.7 Å². The standard InChI is InChI=1S/C49H67NO10/c1-34-35(2)46(33-58-37(4)51)60-48(36(34)3)57-29-15-14-19-42(52)18-12-7-8-13-20-47(54)50-31-43(53)30-41(50)32-59-49(38-16-10-9-11-17-38,39-21-25-44(55-5)26-22-39)40-23-27-45(56-6)28-24-40/h9-11,16-17,21-28,34-36,41,43,46,48,53H,7-8,12-15,18-20,29-33H2,1-6H3/t34?,35?,36?,41-,43+,46?,48?/m0/s1. The van der Waals surface area contributed by atoms with Crippen LogP contribution < -0.4 is 9.47 Å². The van der Waals surface area contributed by atoms with Crippen LogP contribution in [0.1, 0.15) is 109 Å². The Labute approximate surface area is 357 Å². The molecule has 1 N–H and O–H groups in total. The molecule has 2 aliphatic heterocycles. The number of hydrogen-bond acceptors (Lipinski definition) is 10. The van der Waals surface area contributed by atoms with Crippen molar-refractivity contribution in [2.75, 3.05) is 40.6 Å². The number of aliphatic hydroxyl groups is 1. The molecule has 7 atom stereocenters. The van der Waals surface area contributed by atoms with Gasteiger partial charge in [0.2, 0.25) is 5.91 Å². The van der Waals surface area contributed by atoms with Crippen LogP contribution in [-0.4, -0.2) is 92.8 Å². The third-order valence-corrected chi connectivity index (χ3v) is 12.5. The monoisotopic (exact) mass is 829 g/mol. The number of nitrogens with zero attached hydrogens (tertiary/aromatic N) is 1. The number of benzene rings is 3. The molecule has 0 radical (unpaired) electrons. The number of Topliss-reactive ketones (excluding diaryl/α,β-unsaturated/α-hetero) is 1. The van der Waals surface area contributed by atoms with Crippen LogP contribution in [0.5, 0.6) is 11.5 Å². The summed E-state index contributed by atoms with van der Waals surface area (Å²) in [6.07, 6.45) is 5.46. The minimum atomic E-state index is -1.02. The predicted molar refractivity (Wildman–Crippen MR) is 230 cm³/mol. The van der Waals surface area contributed by atoms with Gasteiger partial charge in [0, 0.05) is 45.3 Å². The predicted octanol–water partition coefficient (Wildman–Crippen LogP) is 8.27. The number of carbonyl (C=O) groups is 3. The molecule has 328 valence electrons. The molecule has 11 heteroatoms. The molecule has 5 unspecified atom stereocenters. The second kappa shape index (κ2) is 23.1. The molecule has 11 nitrogen and oxygen atoms in total. The fourth-order valence-corrected chi connectivity index (χ4v) is 8.56. The number of ether oxygens (including phenoxy) is 6. The Bertz CT molecular complexity index is 1720. The molecule has 2 fully saturated rings. The Kier molecular flexibility index (Phi) is 18.0. The molecule has 0 aromatic heterocycles. The van der Waals surface area contributed by atoms with Gasteiger partial charge < -0.3 is 38.4 Å². The Balaban J connectivity index is 1.07. The molecule has 3 aromatic rings. The summed E-state index contributed by atoms with van der Waals surface area (Å²) in [4.78, 5) is 39.4. The number of likely N-dealkylation sites (tertiary alicyclic amines) is 1. The fraction of sp³-hybridized carbons (Fsp3) is 0.571. The summed E-state index contributed by atoms with van der Waals surface area (Å²) in [5.74, 6) is 2.23. The number of hydrogen-bond donors (Lipinski definition) is 1. The largest absolute Gasteiger partial charge is 0.497 e. The molecule has 2 aliphatic rings. The highest BCUT2D eigenvalue weighted by Gasteiger charge is 2.42. The van der Waals surface area contributed by atoms with E-state index >= 15 is 0 Å². The van der Waals surface area contributed by atoms with Crippen molar-refractivity contribution in [3.8, 4) is 11.5 Å². The minimum absolute atomic E-state index is 0.00885. The van der Waals surface area contributed by atoms with Crippen LogP contribution in [0, 0.1) is 17.8 Å². The number of aliphatic hydroxyl groups excluding tert-OH is 1. The van der Waals surface area contributed by atoms with Crippen molar-refractivity contribution in [2.45, 2.75) is 122 Å². The number of β-amino-alcohol motifs (C(OH)–C–C–N with tert-alkyl or cyclic N) is 1. The summed E-state index contributed by atoms with van der Waals surface area (Å²) in [7, 11) is 3.28. The summed E-state index contributed by atoms with van der Waals surface area (Å²) in [5.41, 5.74) is 1.72. The Morgan fingerprint density at radius 3 is 1.87 bits per heavy atom. The highest BCUT2D eigenvalue weighted by atomic mass is 16.7. The van der Waals surface area contributed by atoms with E-state index in [2.05, 4.69) is 20.8 Å². The molecule has 1 amide bonds. The van der Waals surface area contributed by atoms with E-state index in [1.54, 1.807) is 19.1 Å². The average molecular weight is 830 g/mol. The van der Waals surface area contributed by atoms with Crippen LogP contribution in [0.3, 0.4) is 0 Å². The summed E-state index contributed by atoms with van der Waals surface area (Å²) in [6.45, 7) is 9.07. The molecule has 0 saturated carbocycles. The summed E-state index contributed by atoms with van der Waals surface area (Å²) in [5, 5.41) is 10.8. The van der Waals surface area contributed by atoms with Crippen LogP contribution in [0.25, 0.3) is 0 Å². The molecule has 5 rings (SSSR count). The van der Waals surface area contributed by atoms with Crippen molar-refractivity contribution < 1.29 is 47.9 Å². The Morgan fingerprint density at radius 1 is 0.717 bits per heavy atom. The lowest BCUT2D eigenvalue weighted by molar-refractivity contribution is -0.255. The maximum Gasteiger partial charge on any atom is 0.302 e. The van der Waals surface area contributed by atoms with Gasteiger partial charge in [-0.05, 0) is 84.9 Å². The van der Waals surface area contributed by atoms with Crippen LogP contribution in [0.2, 0.25) is 0 Å². The topological polar surface area (TPSA) is 130 Å². The first-order valence-corrected chi connectivity index (χ1v) is 21.8. The smallest absolute Gasteiger partial charge is 0.302 e. The van der Waals surface area contributed by atoms with Crippen molar-refractivity contribution in [2.24, 2.45) is 17.8 Å². The van der Waals surface area contributed by atoms with Crippen molar-refractivity contribution in [1.29, 1.82) is 0 Å². The van der Waals surface area contributed by atoms with Gasteiger partial charge in [-0.15, -0.1) is 0 Å². The second-order valence-electron chi connectivity index (χ2n) is 16.6. The minimum Gasteiger partial charge on any atom is -0.497 e. The van der Waals surface area contributed by atoms with Gasteiger partial charge in [0.05, 0.1) is 39.1 Å². The van der Waals surface area contributed by atoms with Gasteiger partial charge in [0.25, 0.3) is 0 Å². The molecule has 0 spiro atoms. The number of unbranched alkanes of at least 4 members (excludes halogenated alkanes) is 4. The molecule has 0 bridgehead atoms. The number of amides is 1. The second-order valence-corrected chi connectivity index (χ2v) is 16.6. The Morgan fingerprint density at radius 2 is 1.28 bits per heavy atom. The average Bonchev–Trinajstić information content (AvgIpc) is 3.65. The zero-order valence-electron chi connectivity index (χ0n) is 36.5. The fourth-order valence-electron chi connectivity index (χ4n) is 8.56. The lowest BCUT2D eigenvalue weighted by Crippen LogP contribution is -2.47. The zero-order chi connectivity index (χ0) is 43.1. The van der Waals surface area contributed by atoms with Gasteiger partial charge >= 0.3 is 5.97 Å². The van der Waals surface area contributed by atoms with E-state index in [4.69, 9.17) is 28.4 Å². The summed E-state index contributed by atoms with van der Waals surface area (Å²) < 4.78 is 35.5. The Hall–Kier alpha value is -4.29. The van der Waals surface area contributed by atoms with Gasteiger partial charge in [-0.1, -0.05) is 88.2 Å². The van der Waals surface area contributed by atoms with E-state index < -0.39 is 11.7 Å². The molecular formula is C49H67NO10. The van der Waals surface area contributed by atoms with E-state index in [9.17, 15) is 19.5 Å². The normalized spacial score (nSPS) is 23.0. The van der Waals surface area contributed by atoms with Crippen LogP contribution in [-0.2, 0) is 38.9 Å². The first kappa shape index (κ1) is 46.8. The van der Waals surface area contributed by atoms with Crippen molar-refractivity contribution in [3.63, 3.8) is 0 Å². The maximum atomic E-state index is 13.6. The van der Waals surface area contributed by atoms with Crippen LogP contribution in [0.15, 0.2) is 78.9 Å². The number of methoxy groups -OCH3 is 2. The van der Waals surface area contributed by atoms with E-state index in [0.29, 0.717) is 38.2 Å². The number of ketones is 1. The molecular weight excluding hydrogens is 763 g/mol. The van der Waals surface area contributed by atoms with Crippen LogP contribution >= 0.6 is 0 Å². The first-order chi connectivity index (χ1) is 29.0. The van der Waals surface area contributed by atoms with Gasteiger partial charge in [0.15, 0.2) is 6.29 Å². The molecule has 2 heterocycles. The lowest BCUT2D eigenvalue weighted by atomic mass is 9.79. The molecule has 3 aromatic carbocycles. The first-order valence-electron chi connectivity index (χ1n) is 21.8. The lowest BCUT2D eigenvalue weighted by Gasteiger charge is -2.43. The third kappa shape index (κ3) is 12.4. The van der Waals surface area contributed by atoms with Crippen LogP contribution in [0.4, 0.5) is 0 Å². The van der Waals surface area contributed by atoms with E-state index in [-0.39, 0.29) is 67.7 Å². The molecule has 0 aliphatic carbocycles. The van der Waals surface area contributed by atoms with Crippen molar-refractivity contribution in [1.82, 2.24) is 4.90 Å². The summed E-state index contributed by atoms with van der Waals surface area (Å²) in [6, 6.07) is 25.5. The van der Waals surface area contributed by atoms with E-state index in [1.165, 1.54) is 6.92 Å². The molecule has 60 heavy (non-hydrogen) atoms. The molecule has 2 saturated heterocycles. The van der Waals surface area contributed by atoms with Gasteiger partial charge in [-0.2, -0.15) is 0 Å². The quantitative estimate of drug-likeness (QED) is 0.0567. The third-order valence-electron chi connectivity index (χ3n) is 12.5. The van der Waals surface area contributed by atoms with Crippen molar-refractivity contribution >= 4 is 17.7 Å². The van der Waals surface area contributed by atoms with Gasteiger partial charge in [0.1, 0.15) is 29.5 Å². The van der Waals surface area contributed by atoms with E-state index in [1.807, 2.05) is 78.9 Å². The highest BCUT2D eigenvalue weighted by Crippen LogP contribution is 2.42. The van der Waals surface area contributed by atoms with Crippen molar-refractivity contribution in [3.05, 3.63) is 95.6 Å². The van der Waals surface area contributed by atoms with Gasteiger partial charge in [-0.3, -0.25) is 14.4 Å². The number of rotatable bonds is 23. The highest BCUT2D eigenvalue weighted by molar-refractivity contribution is 5.78.